The van der Waals surface area contributed by atoms with Gasteiger partial charge in [-0.3, -0.25) is 0 Å². The zero-order valence-electron chi connectivity index (χ0n) is 16.0. The second-order valence-electron chi connectivity index (χ2n) is 6.76. The summed E-state index contributed by atoms with van der Waals surface area (Å²) in [5.74, 6) is -0.879. The van der Waals surface area contributed by atoms with Crippen molar-refractivity contribution >= 4 is 12.1 Å². The van der Waals surface area contributed by atoms with E-state index in [1.807, 2.05) is 0 Å². The molecule has 1 rings (SSSR count). The van der Waals surface area contributed by atoms with Crippen molar-refractivity contribution in [3.63, 3.8) is 0 Å². The number of nitrogens with zero attached hydrogens (tertiary/aromatic N) is 1. The average molecular weight is 391 g/mol. The van der Waals surface area contributed by atoms with Crippen LogP contribution in [0.2, 0.25) is 0 Å². The first-order valence-corrected chi connectivity index (χ1v) is 8.14. The number of alkyl halides is 3. The monoisotopic (exact) mass is 391 g/mol. The Hall–Kier alpha value is -2.29. The highest BCUT2D eigenvalue weighted by molar-refractivity contribution is 5.89. The lowest BCUT2D eigenvalue weighted by atomic mass is 10.0. The molecular formula is C18H24F3NO5. The number of carbonyl (C=O) groups is 2. The first-order chi connectivity index (χ1) is 12.4. The van der Waals surface area contributed by atoms with Gasteiger partial charge in [0.1, 0.15) is 5.60 Å². The number of halogens is 3. The molecular weight excluding hydrogens is 367 g/mol. The third-order valence-corrected chi connectivity index (χ3v) is 3.41. The molecule has 0 aliphatic carbocycles. The molecule has 0 aliphatic heterocycles. The summed E-state index contributed by atoms with van der Waals surface area (Å²) in [6, 6.07) is 3.09. The fourth-order valence-electron chi connectivity index (χ4n) is 2.19. The molecule has 152 valence electrons. The van der Waals surface area contributed by atoms with E-state index < -0.39 is 29.4 Å². The number of benzene rings is 1. The van der Waals surface area contributed by atoms with Gasteiger partial charge in [-0.25, -0.2) is 9.59 Å². The number of hydrogen-bond donors (Lipinski definition) is 0. The maximum absolute atomic E-state index is 13.5. The molecule has 0 unspecified atom stereocenters. The number of methoxy groups -OCH3 is 2. The average Bonchev–Trinajstić information content (AvgIpc) is 2.55. The molecule has 6 nitrogen and oxygen atoms in total. The van der Waals surface area contributed by atoms with E-state index in [-0.39, 0.29) is 30.8 Å². The van der Waals surface area contributed by atoms with Gasteiger partial charge in [0.15, 0.2) is 0 Å². The fourth-order valence-corrected chi connectivity index (χ4v) is 2.19. The number of carbonyl (C=O) groups excluding carboxylic acids is 2. The molecule has 0 fully saturated rings. The van der Waals surface area contributed by atoms with Gasteiger partial charge in [-0.15, -0.1) is 0 Å². The number of hydrogen-bond acceptors (Lipinski definition) is 5. The highest BCUT2D eigenvalue weighted by Gasteiger charge is 2.35. The minimum atomic E-state index is -4.71. The Balaban J connectivity index is 3.23. The third-order valence-electron chi connectivity index (χ3n) is 3.41. The van der Waals surface area contributed by atoms with E-state index in [2.05, 4.69) is 4.74 Å². The van der Waals surface area contributed by atoms with Crippen LogP contribution in [-0.2, 0) is 26.9 Å². The van der Waals surface area contributed by atoms with Crippen molar-refractivity contribution < 1.29 is 37.0 Å². The predicted molar refractivity (Wildman–Crippen MR) is 91.3 cm³/mol. The van der Waals surface area contributed by atoms with Gasteiger partial charge in [0.2, 0.25) is 0 Å². The van der Waals surface area contributed by atoms with E-state index >= 15 is 0 Å². The highest BCUT2D eigenvalue weighted by Crippen LogP contribution is 2.33. The third kappa shape index (κ3) is 7.09. The SMILES string of the molecule is COCCN(Cc1ccc(C(=O)OC)cc1C(F)(F)F)C(=O)OC(C)(C)C. The van der Waals surface area contributed by atoms with Gasteiger partial charge in [-0.05, 0) is 38.5 Å². The van der Waals surface area contributed by atoms with Crippen LogP contribution in [0.5, 0.6) is 0 Å². The summed E-state index contributed by atoms with van der Waals surface area (Å²) in [6.07, 6.45) is -5.47. The molecule has 0 saturated carbocycles. The Bertz CT molecular complexity index is 668. The zero-order chi connectivity index (χ0) is 20.8. The summed E-state index contributed by atoms with van der Waals surface area (Å²) in [7, 11) is 2.50. The lowest BCUT2D eigenvalue weighted by Gasteiger charge is -2.28. The Morgan fingerprint density at radius 3 is 2.22 bits per heavy atom. The number of esters is 1. The van der Waals surface area contributed by atoms with Crippen molar-refractivity contribution in [3.05, 3.63) is 34.9 Å². The van der Waals surface area contributed by atoms with Gasteiger partial charge in [0, 0.05) is 20.2 Å². The van der Waals surface area contributed by atoms with E-state index in [4.69, 9.17) is 9.47 Å². The fraction of sp³-hybridized carbons (Fsp3) is 0.556. The molecule has 1 aromatic rings. The van der Waals surface area contributed by atoms with Gasteiger partial charge >= 0.3 is 18.2 Å². The number of ether oxygens (including phenoxy) is 3. The maximum atomic E-state index is 13.5. The van der Waals surface area contributed by atoms with Crippen LogP contribution in [-0.4, -0.2) is 49.9 Å². The van der Waals surface area contributed by atoms with Crippen molar-refractivity contribution in [2.24, 2.45) is 0 Å². The predicted octanol–water partition coefficient (Wildman–Crippen LogP) is 3.88. The minimum Gasteiger partial charge on any atom is -0.465 e. The molecule has 0 spiro atoms. The van der Waals surface area contributed by atoms with Crippen LogP contribution in [0.15, 0.2) is 18.2 Å². The smallest absolute Gasteiger partial charge is 0.416 e. The first-order valence-electron chi connectivity index (χ1n) is 8.14. The summed E-state index contributed by atoms with van der Waals surface area (Å²) >= 11 is 0. The Morgan fingerprint density at radius 2 is 1.74 bits per heavy atom. The van der Waals surface area contributed by atoms with Crippen LogP contribution in [0, 0.1) is 0 Å². The van der Waals surface area contributed by atoms with Crippen LogP contribution in [0.3, 0.4) is 0 Å². The molecule has 0 saturated heterocycles. The minimum absolute atomic E-state index is 0.0431. The van der Waals surface area contributed by atoms with Crippen LogP contribution in [0.1, 0.15) is 42.3 Å². The molecule has 0 heterocycles. The van der Waals surface area contributed by atoms with E-state index in [9.17, 15) is 22.8 Å². The molecule has 0 atom stereocenters. The summed E-state index contributed by atoms with van der Waals surface area (Å²) in [5.41, 5.74) is -2.22. The Kier molecular flexibility index (Phi) is 7.65. The van der Waals surface area contributed by atoms with Crippen molar-refractivity contribution in [2.75, 3.05) is 27.4 Å². The molecule has 0 aromatic heterocycles. The molecule has 9 heteroatoms. The zero-order valence-corrected chi connectivity index (χ0v) is 16.0. The molecule has 27 heavy (non-hydrogen) atoms. The number of rotatable bonds is 6. The summed E-state index contributed by atoms with van der Waals surface area (Å²) in [4.78, 5) is 25.0. The summed E-state index contributed by atoms with van der Waals surface area (Å²) < 4.78 is 55.0. The van der Waals surface area contributed by atoms with E-state index in [1.54, 1.807) is 20.8 Å². The summed E-state index contributed by atoms with van der Waals surface area (Å²) in [6.45, 7) is 4.79. The molecule has 1 amide bonds. The van der Waals surface area contributed by atoms with Gasteiger partial charge in [0.05, 0.1) is 24.8 Å². The Morgan fingerprint density at radius 1 is 1.11 bits per heavy atom. The Labute approximate surface area is 156 Å². The van der Waals surface area contributed by atoms with E-state index in [1.165, 1.54) is 13.2 Å². The van der Waals surface area contributed by atoms with Crippen LogP contribution in [0.4, 0.5) is 18.0 Å². The van der Waals surface area contributed by atoms with Gasteiger partial charge < -0.3 is 19.1 Å². The van der Waals surface area contributed by atoms with Crippen molar-refractivity contribution in [2.45, 2.75) is 39.1 Å². The lowest BCUT2D eigenvalue weighted by Crippen LogP contribution is -2.38. The molecule has 0 N–H and O–H groups in total. The first kappa shape index (κ1) is 22.8. The van der Waals surface area contributed by atoms with Crippen molar-refractivity contribution in [3.8, 4) is 0 Å². The van der Waals surface area contributed by atoms with Crippen LogP contribution < -0.4 is 0 Å². The van der Waals surface area contributed by atoms with Crippen molar-refractivity contribution in [1.82, 2.24) is 4.90 Å². The normalized spacial score (nSPS) is 11.9. The second-order valence-corrected chi connectivity index (χ2v) is 6.76. The molecule has 0 aliphatic rings. The second kappa shape index (κ2) is 9.07. The molecule has 1 aromatic carbocycles. The van der Waals surface area contributed by atoms with Gasteiger partial charge in [-0.2, -0.15) is 13.2 Å². The molecule has 0 radical (unpaired) electrons. The lowest BCUT2D eigenvalue weighted by molar-refractivity contribution is -0.138. The van der Waals surface area contributed by atoms with Crippen LogP contribution >= 0.6 is 0 Å². The van der Waals surface area contributed by atoms with E-state index in [0.717, 1.165) is 18.1 Å². The largest absolute Gasteiger partial charge is 0.465 e. The quantitative estimate of drug-likeness (QED) is 0.689. The highest BCUT2D eigenvalue weighted by atomic mass is 19.4. The van der Waals surface area contributed by atoms with E-state index in [0.29, 0.717) is 6.07 Å². The van der Waals surface area contributed by atoms with Gasteiger partial charge in [0.25, 0.3) is 0 Å². The topological polar surface area (TPSA) is 65.1 Å². The summed E-state index contributed by atoms with van der Waals surface area (Å²) in [5, 5.41) is 0. The molecule has 0 bridgehead atoms. The van der Waals surface area contributed by atoms with Crippen molar-refractivity contribution in [1.29, 1.82) is 0 Å². The van der Waals surface area contributed by atoms with Crippen LogP contribution in [0.25, 0.3) is 0 Å². The number of amides is 1. The maximum Gasteiger partial charge on any atom is 0.416 e. The van der Waals surface area contributed by atoms with Gasteiger partial charge in [-0.1, -0.05) is 6.07 Å². The standard InChI is InChI=1S/C18H24F3NO5/c1-17(2,3)27-16(24)22(8-9-25-4)11-13-7-6-12(15(23)26-5)10-14(13)18(19,20)21/h6-7,10H,8-9,11H2,1-5H3.